The number of rotatable bonds is 5. The summed E-state index contributed by atoms with van der Waals surface area (Å²) in [6, 6.07) is 24.6. The first-order valence-corrected chi connectivity index (χ1v) is 11.2. The van der Waals surface area contributed by atoms with Gasteiger partial charge in [0.25, 0.3) is 0 Å². The quantitative estimate of drug-likeness (QED) is 0.644. The molecule has 1 aromatic heterocycles. The summed E-state index contributed by atoms with van der Waals surface area (Å²) >= 11 is 1.89. The number of hydrogen-bond acceptors (Lipinski definition) is 3. The summed E-state index contributed by atoms with van der Waals surface area (Å²) in [7, 11) is 2.17. The molecule has 2 aliphatic heterocycles. The second-order valence-corrected chi connectivity index (χ2v) is 9.35. The van der Waals surface area contributed by atoms with Gasteiger partial charge < -0.3 is 5.32 Å². The highest BCUT2D eigenvalue weighted by atomic mass is 32.1. The van der Waals surface area contributed by atoms with Crippen LogP contribution in [-0.2, 0) is 0 Å². The van der Waals surface area contributed by atoms with Crippen LogP contribution in [0.5, 0.6) is 0 Å². The van der Waals surface area contributed by atoms with E-state index in [0.29, 0.717) is 5.92 Å². The molecule has 28 heavy (non-hydrogen) atoms. The largest absolute Gasteiger partial charge is 0.301 e. The maximum Gasteiger partial charge on any atom is 0.0895 e. The molecule has 2 nitrogen and oxygen atoms in total. The third kappa shape index (κ3) is 2.61. The number of nitrogens with one attached hydrogen (secondary N) is 1. The van der Waals surface area contributed by atoms with Crippen LogP contribution in [0.1, 0.15) is 39.8 Å². The van der Waals surface area contributed by atoms with Gasteiger partial charge in [-0.05, 0) is 54.4 Å². The van der Waals surface area contributed by atoms with Crippen LogP contribution >= 0.6 is 11.3 Å². The lowest BCUT2D eigenvalue weighted by molar-refractivity contribution is 0.0630. The number of fused-ring (bicyclic) bond motifs is 2. The lowest BCUT2D eigenvalue weighted by atomic mass is 9.67. The summed E-state index contributed by atoms with van der Waals surface area (Å²) in [6.45, 7) is 4.67. The van der Waals surface area contributed by atoms with E-state index in [4.69, 9.17) is 0 Å². The smallest absolute Gasteiger partial charge is 0.0895 e. The Morgan fingerprint density at radius 3 is 2.18 bits per heavy atom. The lowest BCUT2D eigenvalue weighted by Crippen LogP contribution is -2.62. The van der Waals surface area contributed by atoms with E-state index in [1.807, 2.05) is 11.3 Å². The fourth-order valence-corrected chi connectivity index (χ4v) is 6.72. The number of thiophene rings is 1. The van der Waals surface area contributed by atoms with E-state index in [-0.39, 0.29) is 11.6 Å². The Morgan fingerprint density at radius 1 is 1.00 bits per heavy atom. The molecule has 1 N–H and O–H groups in total. The molecule has 4 atom stereocenters. The zero-order chi connectivity index (χ0) is 19.1. The molecule has 0 radical (unpaired) electrons. The van der Waals surface area contributed by atoms with Crippen molar-refractivity contribution in [3.63, 3.8) is 0 Å². The molecule has 2 aliphatic rings. The molecule has 0 aliphatic carbocycles. The summed E-state index contributed by atoms with van der Waals surface area (Å²) in [5, 5.41) is 6.17. The van der Waals surface area contributed by atoms with Crippen molar-refractivity contribution in [3.8, 4) is 0 Å². The first-order chi connectivity index (χ1) is 13.8. The number of hydrogen-bond donors (Lipinski definition) is 1. The lowest BCUT2D eigenvalue weighted by Gasteiger charge is -2.51. The van der Waals surface area contributed by atoms with E-state index in [1.165, 1.54) is 35.5 Å². The Morgan fingerprint density at radius 2 is 1.64 bits per heavy atom. The Bertz CT molecular complexity index is 896. The first kappa shape index (κ1) is 18.1. The van der Waals surface area contributed by atoms with Crippen molar-refractivity contribution in [2.75, 3.05) is 20.1 Å². The van der Waals surface area contributed by atoms with Crippen LogP contribution in [0.2, 0.25) is 0 Å². The standard InChI is InChI=1S/C25H28N2S/c1-18-22(14-16-28-18)24-21-13-15-27(17-21)25(24,26-2)23(19-9-5-3-6-10-19)20-11-7-4-8-12-20/h3-12,14,16,21,23-24,26H,13,15,17H2,1-2H3. The Kier molecular flexibility index (Phi) is 4.62. The second kappa shape index (κ2) is 7.14. The van der Waals surface area contributed by atoms with Gasteiger partial charge in [0.15, 0.2) is 0 Å². The molecule has 2 bridgehead atoms. The third-order valence-electron chi connectivity index (χ3n) is 7.03. The van der Waals surface area contributed by atoms with E-state index in [2.05, 4.69) is 96.3 Å². The van der Waals surface area contributed by atoms with E-state index in [9.17, 15) is 0 Å². The molecule has 2 aromatic carbocycles. The molecule has 4 unspecified atom stereocenters. The molecule has 144 valence electrons. The maximum absolute atomic E-state index is 3.90. The van der Waals surface area contributed by atoms with Gasteiger partial charge >= 0.3 is 0 Å². The monoisotopic (exact) mass is 388 g/mol. The predicted octanol–water partition coefficient (Wildman–Crippen LogP) is 5.22. The predicted molar refractivity (Wildman–Crippen MR) is 118 cm³/mol. The summed E-state index contributed by atoms with van der Waals surface area (Å²) in [6.07, 6.45) is 1.31. The molecule has 3 aromatic rings. The minimum Gasteiger partial charge on any atom is -0.301 e. The molecule has 3 heterocycles. The van der Waals surface area contributed by atoms with E-state index in [1.54, 1.807) is 5.56 Å². The van der Waals surface area contributed by atoms with Crippen molar-refractivity contribution in [1.82, 2.24) is 10.2 Å². The van der Waals surface area contributed by atoms with Crippen molar-refractivity contribution in [2.24, 2.45) is 5.92 Å². The van der Waals surface area contributed by atoms with Gasteiger partial charge in [0.1, 0.15) is 0 Å². The average Bonchev–Trinajstić information content (AvgIpc) is 3.45. The van der Waals surface area contributed by atoms with Crippen molar-refractivity contribution >= 4 is 11.3 Å². The zero-order valence-corrected chi connectivity index (χ0v) is 17.5. The second-order valence-electron chi connectivity index (χ2n) is 8.23. The van der Waals surface area contributed by atoms with Crippen LogP contribution in [0.15, 0.2) is 72.1 Å². The third-order valence-corrected chi connectivity index (χ3v) is 7.90. The minimum atomic E-state index is -0.0997. The van der Waals surface area contributed by atoms with Crippen LogP contribution in [0.25, 0.3) is 0 Å². The van der Waals surface area contributed by atoms with Gasteiger partial charge in [-0.1, -0.05) is 60.7 Å². The van der Waals surface area contributed by atoms with Crippen LogP contribution in [-0.4, -0.2) is 30.7 Å². The summed E-state index contributed by atoms with van der Waals surface area (Å²) in [5.41, 5.74) is 4.24. The van der Waals surface area contributed by atoms with Crippen molar-refractivity contribution in [2.45, 2.75) is 30.8 Å². The highest BCUT2D eigenvalue weighted by Gasteiger charge is 2.61. The van der Waals surface area contributed by atoms with Crippen molar-refractivity contribution in [1.29, 1.82) is 0 Å². The Balaban J connectivity index is 1.74. The van der Waals surface area contributed by atoms with E-state index < -0.39 is 0 Å². The molecule has 3 heteroatoms. The summed E-state index contributed by atoms with van der Waals surface area (Å²) in [5.74, 6) is 1.51. The normalized spacial score (nSPS) is 28.9. The first-order valence-electron chi connectivity index (χ1n) is 10.3. The molecule has 2 saturated heterocycles. The van der Waals surface area contributed by atoms with Gasteiger partial charge in [-0.15, -0.1) is 11.3 Å². The highest BCUT2D eigenvalue weighted by molar-refractivity contribution is 7.10. The average molecular weight is 389 g/mol. The van der Waals surface area contributed by atoms with E-state index >= 15 is 0 Å². The summed E-state index contributed by atoms with van der Waals surface area (Å²) < 4.78 is 0. The Labute approximate surface area is 172 Å². The van der Waals surface area contributed by atoms with Gasteiger partial charge in [0, 0.05) is 29.8 Å². The van der Waals surface area contributed by atoms with Gasteiger partial charge in [-0.3, -0.25) is 4.90 Å². The molecular formula is C25H28N2S. The van der Waals surface area contributed by atoms with Crippen LogP contribution < -0.4 is 5.32 Å². The van der Waals surface area contributed by atoms with Gasteiger partial charge in [-0.25, -0.2) is 0 Å². The molecular weight excluding hydrogens is 360 g/mol. The summed E-state index contributed by atoms with van der Waals surface area (Å²) in [4.78, 5) is 4.21. The topological polar surface area (TPSA) is 15.3 Å². The minimum absolute atomic E-state index is 0.0997. The van der Waals surface area contributed by atoms with Gasteiger partial charge in [0.05, 0.1) is 5.66 Å². The number of benzene rings is 2. The zero-order valence-electron chi connectivity index (χ0n) is 16.6. The molecule has 0 spiro atoms. The number of likely N-dealkylation sites (N-methyl/N-ethyl adjacent to an activating group) is 1. The van der Waals surface area contributed by atoms with E-state index in [0.717, 1.165) is 5.92 Å². The van der Waals surface area contributed by atoms with Gasteiger partial charge in [0.2, 0.25) is 0 Å². The fourth-order valence-electron chi connectivity index (χ4n) is 5.97. The molecule has 5 rings (SSSR count). The van der Waals surface area contributed by atoms with Crippen molar-refractivity contribution in [3.05, 3.63) is 93.7 Å². The van der Waals surface area contributed by atoms with Crippen LogP contribution in [0.3, 0.4) is 0 Å². The SMILES string of the molecule is CNC1(C(c2ccccc2)c2ccccc2)C(c2ccsc2C)C2CCN1C2. The molecule has 0 saturated carbocycles. The highest BCUT2D eigenvalue weighted by Crippen LogP contribution is 2.57. The van der Waals surface area contributed by atoms with Crippen molar-refractivity contribution < 1.29 is 0 Å². The van der Waals surface area contributed by atoms with Gasteiger partial charge in [-0.2, -0.15) is 0 Å². The fraction of sp³-hybridized carbons (Fsp3) is 0.360. The molecule has 2 fully saturated rings. The Hall–Kier alpha value is -1.94. The maximum atomic E-state index is 3.90. The number of aryl methyl sites for hydroxylation is 1. The number of piperidine rings is 1. The van der Waals surface area contributed by atoms with Crippen LogP contribution in [0.4, 0.5) is 0 Å². The molecule has 0 amide bonds. The number of nitrogens with zero attached hydrogens (tertiary/aromatic N) is 1. The van der Waals surface area contributed by atoms with Crippen LogP contribution in [0, 0.1) is 12.8 Å².